The van der Waals surface area contributed by atoms with Gasteiger partial charge < -0.3 is 9.15 Å². The quantitative estimate of drug-likeness (QED) is 0.363. The molecular weight excluding hydrogens is 472 g/mol. The molecule has 3 heterocycles. The van der Waals surface area contributed by atoms with Crippen LogP contribution in [0.5, 0.6) is 5.75 Å². The second kappa shape index (κ2) is 9.57. The van der Waals surface area contributed by atoms with Gasteiger partial charge in [0.15, 0.2) is 4.34 Å². The Morgan fingerprint density at radius 3 is 2.59 bits per heavy atom. The third kappa shape index (κ3) is 5.12. The number of hydrogen-bond acceptors (Lipinski definition) is 9. The van der Waals surface area contributed by atoms with Crippen molar-refractivity contribution in [1.82, 2.24) is 9.29 Å². The van der Waals surface area contributed by atoms with Gasteiger partial charge in [0.2, 0.25) is 21.2 Å². The van der Waals surface area contributed by atoms with Gasteiger partial charge in [-0.25, -0.2) is 18.2 Å². The molecule has 0 saturated carbocycles. The highest BCUT2D eigenvalue weighted by molar-refractivity contribution is 8.00. The number of thioether (sulfide) groups is 1. The largest absolute Gasteiger partial charge is 0.464 e. The van der Waals surface area contributed by atoms with E-state index < -0.39 is 21.4 Å². The lowest BCUT2D eigenvalue weighted by atomic mass is 10.2. The number of carbonyl (C=O) groups excluding carboxylic acids is 1. The Labute approximate surface area is 193 Å². The van der Waals surface area contributed by atoms with E-state index in [2.05, 4.69) is 4.98 Å². The van der Waals surface area contributed by atoms with Crippen LogP contribution in [0, 0.1) is 6.92 Å². The number of benzene rings is 1. The number of aryl methyl sites for hydroxylation is 1. The van der Waals surface area contributed by atoms with Gasteiger partial charge in [0, 0.05) is 30.2 Å². The first-order chi connectivity index (χ1) is 15.3. The van der Waals surface area contributed by atoms with E-state index in [1.54, 1.807) is 0 Å². The van der Waals surface area contributed by atoms with Crippen LogP contribution in [0.15, 0.2) is 60.4 Å². The molecule has 32 heavy (non-hydrogen) atoms. The minimum Gasteiger partial charge on any atom is -0.464 e. The molecule has 4 rings (SSSR count). The van der Waals surface area contributed by atoms with Gasteiger partial charge in [-0.2, -0.15) is 4.31 Å². The molecule has 0 radical (unpaired) electrons. The zero-order valence-corrected chi connectivity index (χ0v) is 19.6. The van der Waals surface area contributed by atoms with Gasteiger partial charge in [-0.3, -0.25) is 4.79 Å². The van der Waals surface area contributed by atoms with Crippen LogP contribution in [0.2, 0.25) is 0 Å². The van der Waals surface area contributed by atoms with Crippen LogP contribution in [-0.4, -0.2) is 36.8 Å². The van der Waals surface area contributed by atoms with Crippen molar-refractivity contribution in [2.24, 2.45) is 0 Å². The average molecular weight is 493 g/mol. The number of thiazole rings is 1. The van der Waals surface area contributed by atoms with Crippen molar-refractivity contribution in [3.63, 3.8) is 0 Å². The Hall–Kier alpha value is -2.47. The average Bonchev–Trinajstić information content (AvgIpc) is 3.46. The first-order valence-electron chi connectivity index (χ1n) is 9.82. The minimum atomic E-state index is -3.57. The third-order valence-corrected chi connectivity index (χ3v) is 8.86. The van der Waals surface area contributed by atoms with Gasteiger partial charge in [0.1, 0.15) is 12.0 Å². The molecule has 1 aliphatic heterocycles. The lowest BCUT2D eigenvalue weighted by molar-refractivity contribution is 0.0728. The van der Waals surface area contributed by atoms with Crippen LogP contribution in [-0.2, 0) is 15.8 Å². The van der Waals surface area contributed by atoms with Gasteiger partial charge in [-0.1, -0.05) is 11.8 Å². The van der Waals surface area contributed by atoms with E-state index in [9.17, 15) is 18.0 Å². The fourth-order valence-corrected chi connectivity index (χ4v) is 6.38. The molecule has 0 aliphatic carbocycles. The fraction of sp³-hybridized carbons (Fsp3) is 0.286. The molecule has 1 fully saturated rings. The maximum atomic E-state index is 12.6. The van der Waals surface area contributed by atoms with Crippen LogP contribution >= 0.6 is 23.1 Å². The van der Waals surface area contributed by atoms with Gasteiger partial charge in [-0.15, -0.1) is 11.3 Å². The maximum absolute atomic E-state index is 12.6. The molecule has 0 atom stereocenters. The van der Waals surface area contributed by atoms with Crippen LogP contribution in [0.25, 0.3) is 0 Å². The first kappa shape index (κ1) is 22.7. The molecule has 0 bridgehead atoms. The van der Waals surface area contributed by atoms with Gasteiger partial charge in [-0.05, 0) is 44.0 Å². The molecule has 3 aromatic rings. The lowest BCUT2D eigenvalue weighted by Gasteiger charge is -2.15. The maximum Gasteiger partial charge on any atom is 0.343 e. The molecule has 1 aromatic carbocycles. The molecule has 2 aromatic heterocycles. The predicted octanol–water partition coefficient (Wildman–Crippen LogP) is 3.70. The SMILES string of the molecule is Cc1csc(SCc2cc(=O)c(OC(=O)c3ccc(S(=O)(=O)N4CCCC4)cc3)co2)n1. The van der Waals surface area contributed by atoms with Crippen molar-refractivity contribution in [3.8, 4) is 5.75 Å². The summed E-state index contributed by atoms with van der Waals surface area (Å²) in [6, 6.07) is 6.75. The smallest absolute Gasteiger partial charge is 0.343 e. The van der Waals surface area contributed by atoms with Crippen molar-refractivity contribution < 1.29 is 22.4 Å². The number of esters is 1. The molecule has 168 valence electrons. The zero-order valence-electron chi connectivity index (χ0n) is 17.1. The third-order valence-electron chi connectivity index (χ3n) is 4.78. The number of aromatic nitrogens is 1. The summed E-state index contributed by atoms with van der Waals surface area (Å²) < 4.78 is 38.0. The summed E-state index contributed by atoms with van der Waals surface area (Å²) in [6.45, 7) is 2.91. The van der Waals surface area contributed by atoms with E-state index in [0.717, 1.165) is 29.1 Å². The molecule has 0 unspecified atom stereocenters. The van der Waals surface area contributed by atoms with Crippen LogP contribution < -0.4 is 10.2 Å². The normalized spacial score (nSPS) is 14.5. The zero-order chi connectivity index (χ0) is 22.7. The Balaban J connectivity index is 1.40. The van der Waals surface area contributed by atoms with Crippen LogP contribution in [0.3, 0.4) is 0 Å². The van der Waals surface area contributed by atoms with E-state index in [1.807, 2.05) is 12.3 Å². The Bertz CT molecular complexity index is 1280. The number of hydrogen-bond donors (Lipinski definition) is 0. The molecule has 0 N–H and O–H groups in total. The number of carbonyl (C=O) groups is 1. The summed E-state index contributed by atoms with van der Waals surface area (Å²) in [7, 11) is -3.57. The summed E-state index contributed by atoms with van der Waals surface area (Å²) >= 11 is 2.96. The van der Waals surface area contributed by atoms with Gasteiger partial charge in [0.25, 0.3) is 0 Å². The van der Waals surface area contributed by atoms with Crippen LogP contribution in [0.1, 0.15) is 34.7 Å². The van der Waals surface area contributed by atoms with E-state index in [4.69, 9.17) is 9.15 Å². The number of ether oxygens (including phenoxy) is 1. The monoisotopic (exact) mass is 492 g/mol. The second-order valence-corrected chi connectivity index (χ2v) is 11.2. The summed E-state index contributed by atoms with van der Waals surface area (Å²) in [5, 5.41) is 1.94. The van der Waals surface area contributed by atoms with Crippen molar-refractivity contribution in [2.75, 3.05) is 13.1 Å². The first-order valence-corrected chi connectivity index (χ1v) is 13.1. The molecule has 1 aliphatic rings. The number of sulfonamides is 1. The summed E-state index contributed by atoms with van der Waals surface area (Å²) in [5.41, 5.74) is 0.579. The van der Waals surface area contributed by atoms with E-state index in [1.165, 1.54) is 57.7 Å². The Morgan fingerprint density at radius 2 is 1.97 bits per heavy atom. The lowest BCUT2D eigenvalue weighted by Crippen LogP contribution is -2.27. The highest BCUT2D eigenvalue weighted by Crippen LogP contribution is 2.26. The molecule has 8 nitrogen and oxygen atoms in total. The Kier molecular flexibility index (Phi) is 6.79. The standard InChI is InChI=1S/C21H20N2O6S3/c1-14-12-30-21(22-14)31-13-16-10-18(24)19(11-28-16)29-20(25)15-4-6-17(7-5-15)32(26,27)23-8-2-3-9-23/h4-7,10-12H,2-3,8-9,13H2,1H3. The van der Waals surface area contributed by atoms with Gasteiger partial charge >= 0.3 is 5.97 Å². The fourth-order valence-electron chi connectivity index (χ4n) is 3.12. The van der Waals surface area contributed by atoms with Gasteiger partial charge in [0.05, 0.1) is 16.2 Å². The Morgan fingerprint density at radius 1 is 1.25 bits per heavy atom. The highest BCUT2D eigenvalue weighted by Gasteiger charge is 2.27. The van der Waals surface area contributed by atoms with Crippen molar-refractivity contribution in [3.05, 3.63) is 69.2 Å². The summed E-state index contributed by atoms with van der Waals surface area (Å²) in [4.78, 5) is 29.2. The second-order valence-electron chi connectivity index (χ2n) is 7.14. The molecule has 0 amide bonds. The summed E-state index contributed by atoms with van der Waals surface area (Å²) in [6.07, 6.45) is 2.79. The topological polar surface area (TPSA) is 107 Å². The van der Waals surface area contributed by atoms with Crippen molar-refractivity contribution >= 4 is 39.1 Å². The molecule has 11 heteroatoms. The minimum absolute atomic E-state index is 0.118. The molecule has 0 spiro atoms. The van der Waals surface area contributed by atoms with Crippen LogP contribution in [0.4, 0.5) is 0 Å². The van der Waals surface area contributed by atoms with Crippen molar-refractivity contribution in [1.29, 1.82) is 0 Å². The number of rotatable bonds is 7. The van der Waals surface area contributed by atoms with E-state index in [-0.39, 0.29) is 16.2 Å². The summed E-state index contributed by atoms with van der Waals surface area (Å²) in [5.74, 6) is -0.154. The highest BCUT2D eigenvalue weighted by atomic mass is 32.2. The predicted molar refractivity (Wildman–Crippen MR) is 121 cm³/mol. The van der Waals surface area contributed by atoms with E-state index >= 15 is 0 Å². The molecular formula is C21H20N2O6S3. The number of nitrogens with zero attached hydrogens (tertiary/aromatic N) is 2. The molecule has 1 saturated heterocycles. The van der Waals surface area contributed by atoms with E-state index in [0.29, 0.717) is 24.6 Å². The van der Waals surface area contributed by atoms with Crippen molar-refractivity contribution in [2.45, 2.75) is 34.8 Å².